The molecule has 0 aliphatic rings. The Balaban J connectivity index is 4.28. The Morgan fingerprint density at radius 1 is 0.588 bits per heavy atom. The number of hydrogen-bond acceptors (Lipinski definition) is 7. The Labute approximate surface area is 314 Å². The van der Waals surface area contributed by atoms with Crippen molar-refractivity contribution >= 4 is 19.6 Å². The van der Waals surface area contributed by atoms with Crippen LogP contribution >= 0.6 is 7.82 Å². The van der Waals surface area contributed by atoms with E-state index < -0.39 is 13.7 Å². The first-order chi connectivity index (χ1) is 24.9. The Hall–Kier alpha value is -1.31. The highest BCUT2D eigenvalue weighted by atomic mass is 31.2. The number of phosphoric ester groups is 1. The molecule has 0 aliphatic heterocycles. The summed E-state index contributed by atoms with van der Waals surface area (Å²) in [6.45, 7) is 4.42. The lowest BCUT2D eigenvalue weighted by atomic mass is 9.99. The van der Waals surface area contributed by atoms with Gasteiger partial charge in [-0.05, 0) is 71.3 Å². The van der Waals surface area contributed by atoms with Gasteiger partial charge in [-0.2, -0.15) is 0 Å². The molecule has 0 spiro atoms. The van der Waals surface area contributed by atoms with E-state index in [2.05, 4.69) is 43.5 Å². The molecular weight excluding hydrogens is 661 g/mol. The minimum absolute atomic E-state index is 0.00273. The van der Waals surface area contributed by atoms with Crippen LogP contribution in [0.15, 0.2) is 24.3 Å². The minimum atomic E-state index is -4.31. The highest BCUT2D eigenvalue weighted by Gasteiger charge is 2.27. The Bertz CT molecular complexity index is 894. The maximum Gasteiger partial charge on any atom is 0.472 e. The molecule has 2 N–H and O–H groups in total. The van der Waals surface area contributed by atoms with Crippen LogP contribution in [-0.2, 0) is 27.9 Å². The molecule has 0 aromatic rings. The number of phosphoric acid groups is 1. The van der Waals surface area contributed by atoms with Crippen LogP contribution in [0.1, 0.15) is 194 Å². The number of ketones is 1. The van der Waals surface area contributed by atoms with Gasteiger partial charge in [0.1, 0.15) is 12.4 Å². The summed E-state index contributed by atoms with van der Waals surface area (Å²) < 4.78 is 27.8. The van der Waals surface area contributed by atoms with Crippen molar-refractivity contribution in [2.75, 3.05) is 33.4 Å². The number of esters is 1. The van der Waals surface area contributed by atoms with Gasteiger partial charge in [-0.15, -0.1) is 0 Å². The summed E-state index contributed by atoms with van der Waals surface area (Å²) >= 11 is 0. The molecule has 8 nitrogen and oxygen atoms in total. The van der Waals surface area contributed by atoms with Gasteiger partial charge in [-0.3, -0.25) is 18.6 Å². The smallest absolute Gasteiger partial charge is 0.465 e. The highest BCUT2D eigenvalue weighted by Crippen LogP contribution is 2.43. The van der Waals surface area contributed by atoms with Crippen molar-refractivity contribution in [3.8, 4) is 0 Å². The number of carbonyl (C=O) groups excluding carboxylic acids is 2. The first-order valence-corrected chi connectivity index (χ1v) is 22.6. The van der Waals surface area contributed by atoms with Gasteiger partial charge in [0.15, 0.2) is 0 Å². The lowest BCUT2D eigenvalue weighted by Gasteiger charge is -2.18. The van der Waals surface area contributed by atoms with Crippen LogP contribution in [-0.4, -0.2) is 50.1 Å². The molecule has 2 atom stereocenters. The number of hydrogen-bond donors (Lipinski definition) is 2. The lowest BCUT2D eigenvalue weighted by molar-refractivity contribution is -0.146. The molecule has 0 saturated carbocycles. The van der Waals surface area contributed by atoms with Crippen molar-refractivity contribution in [3.63, 3.8) is 0 Å². The van der Waals surface area contributed by atoms with Gasteiger partial charge in [0.2, 0.25) is 0 Å². The molecular formula is C42H80NO7P. The summed E-state index contributed by atoms with van der Waals surface area (Å²) in [6, 6.07) is 0. The van der Waals surface area contributed by atoms with E-state index in [-0.39, 0.29) is 31.6 Å². The number of unbranched alkanes of at least 4 members (excludes halogenated alkanes) is 22. The normalized spacial score (nSPS) is 13.6. The van der Waals surface area contributed by atoms with Crippen LogP contribution in [0.3, 0.4) is 0 Å². The standard InChI is InChI=1S/C42H80NO7P/c1-4-6-8-10-12-14-16-18-20-22-24-26-28-30-32-34-41(44)40(39-50-51(46,47)49-37-36-43-3)38-48-42(45)35-33-31-29-27-25-23-21-19-17-15-13-11-9-7-5-2/h18-21,40,43H,4-17,22-39H2,1-3H3,(H,46,47)/b20-18+,21-19+. The predicted molar refractivity (Wildman–Crippen MR) is 214 cm³/mol. The maximum atomic E-state index is 13.1. The van der Waals surface area contributed by atoms with E-state index in [0.29, 0.717) is 19.4 Å². The van der Waals surface area contributed by atoms with Gasteiger partial charge in [0.25, 0.3) is 0 Å². The van der Waals surface area contributed by atoms with Crippen molar-refractivity contribution in [1.29, 1.82) is 0 Å². The molecule has 0 aliphatic carbocycles. The van der Waals surface area contributed by atoms with Crippen molar-refractivity contribution < 1.29 is 32.8 Å². The van der Waals surface area contributed by atoms with E-state index in [1.165, 1.54) is 96.3 Å². The average molecular weight is 742 g/mol. The largest absolute Gasteiger partial charge is 0.472 e. The Morgan fingerprint density at radius 3 is 1.45 bits per heavy atom. The van der Waals surface area contributed by atoms with Crippen molar-refractivity contribution in [1.82, 2.24) is 5.32 Å². The van der Waals surface area contributed by atoms with Crippen LogP contribution in [0.25, 0.3) is 0 Å². The van der Waals surface area contributed by atoms with E-state index in [0.717, 1.165) is 70.6 Å². The van der Waals surface area contributed by atoms with Crippen LogP contribution in [0.2, 0.25) is 0 Å². The average Bonchev–Trinajstić information content (AvgIpc) is 3.11. The molecule has 0 bridgehead atoms. The number of allylic oxidation sites excluding steroid dienone is 4. The zero-order valence-electron chi connectivity index (χ0n) is 33.4. The summed E-state index contributed by atoms with van der Waals surface area (Å²) in [7, 11) is -2.60. The molecule has 0 rings (SSSR count). The third-order valence-corrected chi connectivity index (χ3v) is 10.3. The van der Waals surface area contributed by atoms with Crippen molar-refractivity contribution in [2.45, 2.75) is 194 Å². The maximum absolute atomic E-state index is 13.1. The Kier molecular flexibility index (Phi) is 37.4. The number of nitrogens with one attached hydrogen (secondary N) is 1. The number of carbonyl (C=O) groups is 2. The number of rotatable bonds is 40. The van der Waals surface area contributed by atoms with Gasteiger partial charge >= 0.3 is 13.8 Å². The second-order valence-electron chi connectivity index (χ2n) is 14.2. The van der Waals surface area contributed by atoms with Crippen LogP contribution < -0.4 is 5.32 Å². The van der Waals surface area contributed by atoms with Gasteiger partial charge < -0.3 is 14.9 Å². The van der Waals surface area contributed by atoms with E-state index >= 15 is 0 Å². The van der Waals surface area contributed by atoms with Gasteiger partial charge in [0.05, 0.1) is 19.1 Å². The molecule has 0 aromatic heterocycles. The van der Waals surface area contributed by atoms with Crippen LogP contribution in [0, 0.1) is 5.92 Å². The van der Waals surface area contributed by atoms with Crippen molar-refractivity contribution in [3.05, 3.63) is 24.3 Å². The summed E-state index contributed by atoms with van der Waals surface area (Å²) in [5, 5.41) is 2.84. The summed E-state index contributed by atoms with van der Waals surface area (Å²) in [5.74, 6) is -1.26. The van der Waals surface area contributed by atoms with Crippen LogP contribution in [0.5, 0.6) is 0 Å². The fourth-order valence-electron chi connectivity index (χ4n) is 5.90. The van der Waals surface area contributed by atoms with Gasteiger partial charge in [-0.25, -0.2) is 4.57 Å². The highest BCUT2D eigenvalue weighted by molar-refractivity contribution is 7.47. The zero-order valence-corrected chi connectivity index (χ0v) is 34.3. The lowest BCUT2D eigenvalue weighted by Crippen LogP contribution is -2.26. The first kappa shape index (κ1) is 49.7. The summed E-state index contributed by atoms with van der Waals surface area (Å²) in [6.07, 6.45) is 40.7. The summed E-state index contributed by atoms with van der Waals surface area (Å²) in [5.41, 5.74) is 0. The Morgan fingerprint density at radius 2 is 1.00 bits per heavy atom. The molecule has 0 fully saturated rings. The second kappa shape index (κ2) is 38.4. The number of ether oxygens (including phenoxy) is 1. The van der Waals surface area contributed by atoms with Crippen LogP contribution in [0.4, 0.5) is 0 Å². The third-order valence-electron chi connectivity index (χ3n) is 9.27. The topological polar surface area (TPSA) is 111 Å². The van der Waals surface area contributed by atoms with E-state index in [9.17, 15) is 19.0 Å². The van der Waals surface area contributed by atoms with Crippen molar-refractivity contribution in [2.24, 2.45) is 5.92 Å². The first-order valence-electron chi connectivity index (χ1n) is 21.1. The molecule has 0 aromatic carbocycles. The van der Waals surface area contributed by atoms with E-state index in [1.54, 1.807) is 7.05 Å². The minimum Gasteiger partial charge on any atom is -0.465 e. The van der Waals surface area contributed by atoms with Gasteiger partial charge in [-0.1, -0.05) is 141 Å². The van der Waals surface area contributed by atoms with E-state index in [1.807, 2.05) is 0 Å². The molecule has 300 valence electrons. The molecule has 0 heterocycles. The SMILES string of the molecule is CCCCCCCC/C=C/CCCCCCCC(=O)OCC(COP(=O)(O)OCCNC)C(=O)CCCCCCC/C=C/CCCCCCCC. The molecule has 0 radical (unpaired) electrons. The molecule has 0 saturated heterocycles. The molecule has 51 heavy (non-hydrogen) atoms. The summed E-state index contributed by atoms with van der Waals surface area (Å²) in [4.78, 5) is 35.6. The molecule has 0 amide bonds. The second-order valence-corrected chi connectivity index (χ2v) is 15.7. The zero-order chi connectivity index (χ0) is 37.5. The number of Topliss-reactive ketones (excluding diaryl/α,β-unsaturated/α-hetero) is 1. The van der Waals surface area contributed by atoms with Gasteiger partial charge in [0, 0.05) is 19.4 Å². The fraction of sp³-hybridized carbons (Fsp3) is 0.857. The molecule has 2 unspecified atom stereocenters. The predicted octanol–water partition coefficient (Wildman–Crippen LogP) is 12.1. The van der Waals surface area contributed by atoms with E-state index in [4.69, 9.17) is 13.8 Å². The quantitative estimate of drug-likeness (QED) is 0.0276. The third kappa shape index (κ3) is 36.8. The number of likely N-dealkylation sites (N-methyl/N-ethyl adjacent to an activating group) is 1. The fourth-order valence-corrected chi connectivity index (χ4v) is 6.66. The molecule has 9 heteroatoms. The monoisotopic (exact) mass is 742 g/mol.